The molecule has 3 aromatic carbocycles. The van der Waals surface area contributed by atoms with E-state index in [1.165, 1.54) is 10.4 Å². The molecule has 0 spiro atoms. The number of nitrogens with zero attached hydrogens (tertiary/aromatic N) is 3. The average molecular weight is 479 g/mol. The molecule has 0 radical (unpaired) electrons. The van der Waals surface area contributed by atoms with Crippen LogP contribution in [0.1, 0.15) is 37.3 Å². The van der Waals surface area contributed by atoms with Crippen LogP contribution in [0.15, 0.2) is 54.6 Å². The van der Waals surface area contributed by atoms with Crippen molar-refractivity contribution in [1.82, 2.24) is 15.0 Å². The molecule has 4 rings (SSSR count). The van der Waals surface area contributed by atoms with Crippen molar-refractivity contribution in [2.24, 2.45) is 0 Å². The number of anilines is 1. The molecule has 176 valence electrons. The second-order valence-electron chi connectivity index (χ2n) is 8.18. The zero-order valence-corrected chi connectivity index (χ0v) is 20.4. The second-order valence-corrected chi connectivity index (χ2v) is 8.59. The summed E-state index contributed by atoms with van der Waals surface area (Å²) in [7, 11) is 1.56. The third-order valence-electron chi connectivity index (χ3n) is 5.80. The minimum atomic E-state index is -0.247. The number of carbonyl (C=O) groups is 1. The highest BCUT2D eigenvalue weighted by molar-refractivity contribution is 6.32. The fourth-order valence-electron chi connectivity index (χ4n) is 3.56. The van der Waals surface area contributed by atoms with Crippen LogP contribution >= 0.6 is 11.6 Å². The lowest BCUT2D eigenvalue weighted by Gasteiger charge is -2.11. The predicted octanol–water partition coefficient (Wildman–Crippen LogP) is 5.92. The zero-order valence-electron chi connectivity index (χ0n) is 19.6. The van der Waals surface area contributed by atoms with E-state index in [0.29, 0.717) is 44.8 Å². The van der Waals surface area contributed by atoms with Gasteiger partial charge in [0, 0.05) is 5.69 Å². The minimum Gasteiger partial charge on any atom is -0.495 e. The average Bonchev–Trinajstić information content (AvgIpc) is 3.25. The molecule has 0 fully saturated rings. The van der Waals surface area contributed by atoms with Crippen molar-refractivity contribution in [2.45, 2.75) is 33.1 Å². The van der Waals surface area contributed by atoms with E-state index in [4.69, 9.17) is 21.1 Å². The van der Waals surface area contributed by atoms with Gasteiger partial charge in [0.15, 0.2) is 6.61 Å². The van der Waals surface area contributed by atoms with Gasteiger partial charge < -0.3 is 14.8 Å². The Morgan fingerprint density at radius 2 is 1.79 bits per heavy atom. The van der Waals surface area contributed by atoms with Crippen molar-refractivity contribution in [1.29, 1.82) is 0 Å². The lowest BCUT2D eigenvalue weighted by Crippen LogP contribution is -2.20. The van der Waals surface area contributed by atoms with Crippen LogP contribution in [0.25, 0.3) is 16.7 Å². The SMILES string of the molecule is CC[C@H](C)c1ccc(OCC(=O)Nc2cc3nn(-c4ccc(OC)c(Cl)c4)nc3cc2C)cc1. The molecule has 34 heavy (non-hydrogen) atoms. The van der Waals surface area contributed by atoms with Gasteiger partial charge in [0.25, 0.3) is 5.91 Å². The Balaban J connectivity index is 1.45. The molecule has 0 saturated carbocycles. The summed E-state index contributed by atoms with van der Waals surface area (Å²) in [5.74, 6) is 1.49. The van der Waals surface area contributed by atoms with Crippen molar-refractivity contribution in [3.8, 4) is 17.2 Å². The zero-order chi connectivity index (χ0) is 24.2. The quantitative estimate of drug-likeness (QED) is 0.340. The fourth-order valence-corrected chi connectivity index (χ4v) is 3.81. The number of halogens is 1. The van der Waals surface area contributed by atoms with Crippen LogP contribution in [-0.2, 0) is 4.79 Å². The van der Waals surface area contributed by atoms with E-state index in [2.05, 4.69) is 29.4 Å². The van der Waals surface area contributed by atoms with Crippen LogP contribution in [0.4, 0.5) is 5.69 Å². The predicted molar refractivity (Wildman–Crippen MR) is 134 cm³/mol. The highest BCUT2D eigenvalue weighted by Gasteiger charge is 2.12. The van der Waals surface area contributed by atoms with Crippen molar-refractivity contribution in [3.05, 3.63) is 70.7 Å². The molecule has 0 bridgehead atoms. The Bertz CT molecular complexity index is 1320. The van der Waals surface area contributed by atoms with Gasteiger partial charge in [-0.3, -0.25) is 4.79 Å². The third-order valence-corrected chi connectivity index (χ3v) is 6.09. The lowest BCUT2D eigenvalue weighted by molar-refractivity contribution is -0.118. The van der Waals surface area contributed by atoms with Gasteiger partial charge in [0.05, 0.1) is 17.8 Å². The summed E-state index contributed by atoms with van der Waals surface area (Å²) >= 11 is 6.23. The number of carbonyl (C=O) groups excluding carboxylic acids is 1. The molecule has 0 unspecified atom stereocenters. The molecule has 0 aliphatic rings. The maximum Gasteiger partial charge on any atom is 0.262 e. The first-order chi connectivity index (χ1) is 16.4. The van der Waals surface area contributed by atoms with Crippen LogP contribution in [0, 0.1) is 6.92 Å². The van der Waals surface area contributed by atoms with Gasteiger partial charge in [-0.15, -0.1) is 10.2 Å². The highest BCUT2D eigenvalue weighted by atomic mass is 35.5. The number of rotatable bonds is 8. The molecule has 1 aromatic heterocycles. The van der Waals surface area contributed by atoms with Crippen LogP contribution in [0.5, 0.6) is 11.5 Å². The van der Waals surface area contributed by atoms with E-state index in [9.17, 15) is 4.79 Å². The minimum absolute atomic E-state index is 0.0861. The van der Waals surface area contributed by atoms with Gasteiger partial charge in [-0.25, -0.2) is 0 Å². The number of benzene rings is 3. The number of amides is 1. The number of aryl methyl sites for hydroxylation is 1. The van der Waals surface area contributed by atoms with Crippen LogP contribution in [0.3, 0.4) is 0 Å². The van der Waals surface area contributed by atoms with Gasteiger partial charge in [-0.1, -0.05) is 37.6 Å². The van der Waals surface area contributed by atoms with Gasteiger partial charge in [0.1, 0.15) is 22.5 Å². The molecule has 4 aromatic rings. The van der Waals surface area contributed by atoms with Crippen LogP contribution in [0.2, 0.25) is 5.02 Å². The normalized spacial score (nSPS) is 11.9. The van der Waals surface area contributed by atoms with Crippen molar-refractivity contribution >= 4 is 34.2 Å². The highest BCUT2D eigenvalue weighted by Crippen LogP contribution is 2.27. The molecule has 0 saturated heterocycles. The molecule has 1 atom stereocenters. The van der Waals surface area contributed by atoms with Crippen molar-refractivity contribution in [2.75, 3.05) is 19.0 Å². The topological polar surface area (TPSA) is 78.3 Å². The van der Waals surface area contributed by atoms with Gasteiger partial charge in [0.2, 0.25) is 0 Å². The fraction of sp³-hybridized carbons (Fsp3) is 0.269. The molecular formula is C26H27ClN4O3. The summed E-state index contributed by atoms with van der Waals surface area (Å²) in [6.07, 6.45) is 1.08. The summed E-state index contributed by atoms with van der Waals surface area (Å²) in [6.45, 7) is 6.17. The number of fused-ring (bicyclic) bond motifs is 1. The van der Waals surface area contributed by atoms with E-state index in [1.54, 1.807) is 25.3 Å². The molecule has 7 nitrogen and oxygen atoms in total. The Labute approximate surface area is 203 Å². The number of methoxy groups -OCH3 is 1. The Hall–Kier alpha value is -3.58. The van der Waals surface area contributed by atoms with Crippen LogP contribution in [-0.4, -0.2) is 34.6 Å². The Morgan fingerprint density at radius 3 is 2.44 bits per heavy atom. The first-order valence-electron chi connectivity index (χ1n) is 11.1. The Morgan fingerprint density at radius 1 is 1.09 bits per heavy atom. The molecule has 1 N–H and O–H groups in total. The number of aromatic nitrogens is 3. The third kappa shape index (κ3) is 5.15. The summed E-state index contributed by atoms with van der Waals surface area (Å²) < 4.78 is 10.9. The van der Waals surface area contributed by atoms with E-state index >= 15 is 0 Å². The maximum atomic E-state index is 12.5. The van der Waals surface area contributed by atoms with Gasteiger partial charge >= 0.3 is 0 Å². The van der Waals surface area contributed by atoms with Crippen molar-refractivity contribution in [3.63, 3.8) is 0 Å². The Kier molecular flexibility index (Phi) is 7.03. The number of ether oxygens (including phenoxy) is 2. The first-order valence-corrected chi connectivity index (χ1v) is 11.5. The first kappa shape index (κ1) is 23.6. The molecule has 0 aliphatic heterocycles. The standard InChI is InChI=1S/C26H27ClN4O3/c1-5-16(2)18-6-9-20(10-7-18)34-15-26(32)28-22-14-24-23(12-17(22)3)29-31(30-24)19-8-11-25(33-4)21(27)13-19/h6-14,16H,5,15H2,1-4H3,(H,28,32)/t16-/m0/s1. The van der Waals surface area contributed by atoms with E-state index in [-0.39, 0.29) is 12.5 Å². The van der Waals surface area contributed by atoms with E-state index in [1.807, 2.05) is 43.3 Å². The second kappa shape index (κ2) is 10.1. The summed E-state index contributed by atoms with van der Waals surface area (Å²) in [6, 6.07) is 16.9. The molecule has 1 heterocycles. The van der Waals surface area contributed by atoms with Gasteiger partial charge in [-0.2, -0.15) is 4.80 Å². The number of hydrogen-bond acceptors (Lipinski definition) is 5. The molecular weight excluding hydrogens is 452 g/mol. The molecule has 1 amide bonds. The summed E-state index contributed by atoms with van der Waals surface area (Å²) in [4.78, 5) is 14.0. The number of hydrogen-bond donors (Lipinski definition) is 1. The number of nitrogens with one attached hydrogen (secondary N) is 1. The maximum absolute atomic E-state index is 12.5. The van der Waals surface area contributed by atoms with E-state index < -0.39 is 0 Å². The van der Waals surface area contributed by atoms with Crippen molar-refractivity contribution < 1.29 is 14.3 Å². The largest absolute Gasteiger partial charge is 0.495 e. The van der Waals surface area contributed by atoms with Crippen LogP contribution < -0.4 is 14.8 Å². The smallest absolute Gasteiger partial charge is 0.262 e. The lowest BCUT2D eigenvalue weighted by atomic mass is 9.99. The van der Waals surface area contributed by atoms with Gasteiger partial charge in [-0.05, 0) is 72.9 Å². The molecule has 0 aliphatic carbocycles. The van der Waals surface area contributed by atoms with E-state index in [0.717, 1.165) is 12.0 Å². The monoisotopic (exact) mass is 478 g/mol. The molecule has 8 heteroatoms. The summed E-state index contributed by atoms with van der Waals surface area (Å²) in [5.41, 5.74) is 4.85. The summed E-state index contributed by atoms with van der Waals surface area (Å²) in [5, 5.41) is 12.4.